The fourth-order valence-electron chi connectivity index (χ4n) is 2.71. The van der Waals surface area contributed by atoms with Crippen LogP contribution in [0.3, 0.4) is 0 Å². The number of hydrogen-bond donors (Lipinski definition) is 1. The minimum absolute atomic E-state index is 0.116. The number of nitrogens with zero attached hydrogens (tertiary/aromatic N) is 3. The first-order valence-corrected chi connectivity index (χ1v) is 8.66. The van der Waals surface area contributed by atoms with Gasteiger partial charge in [-0.2, -0.15) is 5.10 Å². The number of para-hydroxylation sites is 1. The summed E-state index contributed by atoms with van der Waals surface area (Å²) in [6, 6.07) is 18.7. The third-order valence-corrected chi connectivity index (χ3v) is 4.23. The zero-order valence-electron chi connectivity index (χ0n) is 15.6. The minimum Gasteiger partial charge on any atom is -0.378 e. The first kappa shape index (κ1) is 18.4. The summed E-state index contributed by atoms with van der Waals surface area (Å²) in [7, 11) is 3.94. The van der Waals surface area contributed by atoms with Crippen molar-refractivity contribution in [2.75, 3.05) is 19.0 Å². The van der Waals surface area contributed by atoms with Crippen molar-refractivity contribution in [2.24, 2.45) is 0 Å². The molecule has 3 rings (SSSR count). The van der Waals surface area contributed by atoms with Crippen molar-refractivity contribution in [2.45, 2.75) is 13.5 Å². The third-order valence-electron chi connectivity index (χ3n) is 4.23. The van der Waals surface area contributed by atoms with Crippen molar-refractivity contribution in [3.8, 4) is 5.69 Å². The molecule has 0 aliphatic heterocycles. The van der Waals surface area contributed by atoms with Crippen LogP contribution in [0.2, 0.25) is 0 Å². The van der Waals surface area contributed by atoms with Gasteiger partial charge in [0.2, 0.25) is 5.43 Å². The van der Waals surface area contributed by atoms with Crippen LogP contribution in [0, 0.1) is 6.92 Å². The van der Waals surface area contributed by atoms with Gasteiger partial charge in [-0.3, -0.25) is 9.59 Å². The first-order valence-electron chi connectivity index (χ1n) is 8.66. The Bertz CT molecular complexity index is 993. The van der Waals surface area contributed by atoms with Gasteiger partial charge in [0, 0.05) is 38.1 Å². The largest absolute Gasteiger partial charge is 0.378 e. The van der Waals surface area contributed by atoms with Gasteiger partial charge >= 0.3 is 0 Å². The number of hydrogen-bond acceptors (Lipinski definition) is 4. The molecule has 138 valence electrons. The van der Waals surface area contributed by atoms with E-state index in [0.717, 1.165) is 16.9 Å². The Kier molecular flexibility index (Phi) is 5.35. The molecule has 0 unspecified atom stereocenters. The van der Waals surface area contributed by atoms with Crippen molar-refractivity contribution in [3.05, 3.63) is 87.8 Å². The molecule has 1 N–H and O–H groups in total. The van der Waals surface area contributed by atoms with Crippen LogP contribution in [0.5, 0.6) is 0 Å². The fraction of sp³-hybridized carbons (Fsp3) is 0.190. The van der Waals surface area contributed by atoms with Crippen LogP contribution in [0.25, 0.3) is 5.69 Å². The van der Waals surface area contributed by atoms with E-state index >= 15 is 0 Å². The van der Waals surface area contributed by atoms with Gasteiger partial charge in [0.25, 0.3) is 5.91 Å². The third kappa shape index (κ3) is 4.23. The van der Waals surface area contributed by atoms with Crippen LogP contribution < -0.4 is 15.6 Å². The minimum atomic E-state index is -0.485. The summed E-state index contributed by atoms with van der Waals surface area (Å²) in [5.41, 5.74) is 2.99. The van der Waals surface area contributed by atoms with Crippen molar-refractivity contribution in [1.82, 2.24) is 15.1 Å². The predicted octanol–water partition coefficient (Wildman–Crippen LogP) is 2.54. The van der Waals surface area contributed by atoms with Gasteiger partial charge in [0.1, 0.15) is 0 Å². The van der Waals surface area contributed by atoms with Crippen molar-refractivity contribution >= 4 is 11.6 Å². The lowest BCUT2D eigenvalue weighted by Gasteiger charge is -2.13. The molecule has 6 nitrogen and oxygen atoms in total. The number of amides is 1. The predicted molar refractivity (Wildman–Crippen MR) is 107 cm³/mol. The average Bonchev–Trinajstić information content (AvgIpc) is 2.67. The van der Waals surface area contributed by atoms with Crippen LogP contribution in [-0.4, -0.2) is 29.8 Å². The normalized spacial score (nSPS) is 10.5. The molecule has 2 aromatic carbocycles. The summed E-state index contributed by atoms with van der Waals surface area (Å²) in [6.45, 7) is 2.11. The van der Waals surface area contributed by atoms with E-state index in [4.69, 9.17) is 0 Å². The highest BCUT2D eigenvalue weighted by molar-refractivity contribution is 5.92. The zero-order chi connectivity index (χ0) is 19.4. The summed E-state index contributed by atoms with van der Waals surface area (Å²) in [6.07, 6.45) is 0. The molecule has 0 fully saturated rings. The molecule has 0 aliphatic carbocycles. The van der Waals surface area contributed by atoms with Gasteiger partial charge in [-0.1, -0.05) is 30.3 Å². The second-order valence-corrected chi connectivity index (χ2v) is 6.49. The monoisotopic (exact) mass is 362 g/mol. The Morgan fingerprint density at radius 2 is 1.74 bits per heavy atom. The van der Waals surface area contributed by atoms with Gasteiger partial charge in [0.15, 0.2) is 5.69 Å². The summed E-state index contributed by atoms with van der Waals surface area (Å²) in [5, 5.41) is 7.05. The second-order valence-electron chi connectivity index (χ2n) is 6.49. The number of anilines is 1. The number of carbonyl (C=O) groups is 1. The lowest BCUT2D eigenvalue weighted by atomic mass is 10.2. The smallest absolute Gasteiger partial charge is 0.276 e. The van der Waals surface area contributed by atoms with Gasteiger partial charge in [-0.15, -0.1) is 0 Å². The Balaban J connectivity index is 1.79. The van der Waals surface area contributed by atoms with Gasteiger partial charge < -0.3 is 10.2 Å². The van der Waals surface area contributed by atoms with Crippen LogP contribution in [0.1, 0.15) is 21.7 Å². The molecule has 3 aromatic rings. The molecule has 1 heterocycles. The Labute approximate surface area is 158 Å². The molecule has 0 spiro atoms. The molecule has 0 aliphatic rings. The van der Waals surface area contributed by atoms with Crippen LogP contribution in [0.15, 0.2) is 65.5 Å². The van der Waals surface area contributed by atoms with E-state index < -0.39 is 5.91 Å². The van der Waals surface area contributed by atoms with Crippen LogP contribution >= 0.6 is 0 Å². The van der Waals surface area contributed by atoms with E-state index in [9.17, 15) is 9.59 Å². The molecule has 1 aromatic heterocycles. The molecule has 0 saturated heterocycles. The summed E-state index contributed by atoms with van der Waals surface area (Å²) >= 11 is 0. The molecule has 0 bridgehead atoms. The first-order chi connectivity index (χ1) is 13.0. The number of carbonyl (C=O) groups excluding carboxylic acids is 1. The van der Waals surface area contributed by atoms with Gasteiger partial charge in [-0.05, 0) is 36.8 Å². The summed E-state index contributed by atoms with van der Waals surface area (Å²) < 4.78 is 1.60. The standard InChI is InChI=1S/C21H22N4O2/c1-15-13-19(26)20(23-25(15)18-7-5-4-6-8-18)21(27)22-14-16-9-11-17(12-10-16)24(2)3/h4-13H,14H2,1-3H3,(H,22,27). The molecule has 0 radical (unpaired) electrons. The topological polar surface area (TPSA) is 67.2 Å². The molecular weight excluding hydrogens is 340 g/mol. The van der Waals surface area contributed by atoms with Gasteiger partial charge in [0.05, 0.1) is 5.69 Å². The number of nitrogens with one attached hydrogen (secondary N) is 1. The van der Waals surface area contributed by atoms with E-state index in [2.05, 4.69) is 10.4 Å². The molecule has 6 heteroatoms. The summed E-state index contributed by atoms with van der Waals surface area (Å²) in [4.78, 5) is 26.8. The lowest BCUT2D eigenvalue weighted by molar-refractivity contribution is 0.0943. The molecular formula is C21H22N4O2. The summed E-state index contributed by atoms with van der Waals surface area (Å²) in [5.74, 6) is -0.485. The van der Waals surface area contributed by atoms with E-state index in [0.29, 0.717) is 12.2 Å². The van der Waals surface area contributed by atoms with Crippen molar-refractivity contribution < 1.29 is 4.79 Å². The van der Waals surface area contributed by atoms with Crippen molar-refractivity contribution in [1.29, 1.82) is 0 Å². The molecule has 27 heavy (non-hydrogen) atoms. The van der Waals surface area contributed by atoms with Crippen molar-refractivity contribution in [3.63, 3.8) is 0 Å². The zero-order valence-corrected chi connectivity index (χ0v) is 15.6. The van der Waals surface area contributed by atoms with E-state index in [1.165, 1.54) is 6.07 Å². The van der Waals surface area contributed by atoms with E-state index in [-0.39, 0.29) is 11.1 Å². The maximum Gasteiger partial charge on any atom is 0.276 e. The highest BCUT2D eigenvalue weighted by Gasteiger charge is 2.15. The molecule has 0 saturated carbocycles. The van der Waals surface area contributed by atoms with Gasteiger partial charge in [-0.25, -0.2) is 4.68 Å². The lowest BCUT2D eigenvalue weighted by Crippen LogP contribution is -2.31. The average molecular weight is 362 g/mol. The number of aromatic nitrogens is 2. The molecule has 0 atom stereocenters. The highest BCUT2D eigenvalue weighted by atomic mass is 16.2. The Hall–Kier alpha value is -3.41. The quantitative estimate of drug-likeness (QED) is 0.757. The highest BCUT2D eigenvalue weighted by Crippen LogP contribution is 2.12. The maximum absolute atomic E-state index is 12.5. The van der Waals surface area contributed by atoms with E-state index in [1.807, 2.05) is 73.6 Å². The second kappa shape index (κ2) is 7.86. The van der Waals surface area contributed by atoms with Crippen LogP contribution in [0.4, 0.5) is 5.69 Å². The fourth-order valence-corrected chi connectivity index (χ4v) is 2.71. The number of benzene rings is 2. The van der Waals surface area contributed by atoms with Crippen LogP contribution in [-0.2, 0) is 6.54 Å². The number of rotatable bonds is 5. The Morgan fingerprint density at radius 3 is 2.37 bits per heavy atom. The Morgan fingerprint density at radius 1 is 1.07 bits per heavy atom. The van der Waals surface area contributed by atoms with E-state index in [1.54, 1.807) is 11.6 Å². The molecule has 1 amide bonds. The maximum atomic E-state index is 12.5. The number of aryl methyl sites for hydroxylation is 1. The SMILES string of the molecule is Cc1cc(=O)c(C(=O)NCc2ccc(N(C)C)cc2)nn1-c1ccccc1.